The number of hydrogen-bond acceptors (Lipinski definition) is 3. The lowest BCUT2D eigenvalue weighted by molar-refractivity contribution is -0.107. The largest absolute Gasteiger partial charge is 0.352 e. The lowest BCUT2D eigenvalue weighted by Gasteiger charge is -2.02. The summed E-state index contributed by atoms with van der Waals surface area (Å²) in [6.07, 6.45) is 6.37. The number of hydrogen-bond donors (Lipinski definition) is 1. The van der Waals surface area contributed by atoms with E-state index in [0.717, 1.165) is 6.29 Å². The highest BCUT2D eigenvalue weighted by Crippen LogP contribution is 1.94. The van der Waals surface area contributed by atoms with Crippen LogP contribution in [0, 0.1) is 0 Å². The Morgan fingerprint density at radius 1 is 1.42 bits per heavy atom. The van der Waals surface area contributed by atoms with Gasteiger partial charge < -0.3 is 10.1 Å². The van der Waals surface area contributed by atoms with E-state index in [2.05, 4.69) is 24.1 Å². The van der Waals surface area contributed by atoms with Crippen LogP contribution in [0.25, 0.3) is 0 Å². The van der Waals surface area contributed by atoms with Crippen molar-refractivity contribution in [1.29, 1.82) is 0 Å². The SMILES string of the molecule is CC.CCC.O=CCCCNC(=O)c1cccnc1.[HH]. The van der Waals surface area contributed by atoms with E-state index in [-0.39, 0.29) is 7.33 Å². The predicted molar refractivity (Wildman–Crippen MR) is 81.3 cm³/mol. The summed E-state index contributed by atoms with van der Waals surface area (Å²) in [5.74, 6) is -0.149. The monoisotopic (exact) mass is 268 g/mol. The Kier molecular flexibility index (Phi) is 16.8. The van der Waals surface area contributed by atoms with Crippen molar-refractivity contribution in [2.75, 3.05) is 6.54 Å². The van der Waals surface area contributed by atoms with Gasteiger partial charge in [-0.2, -0.15) is 0 Å². The third-order valence-corrected chi connectivity index (χ3v) is 1.71. The molecule has 1 rings (SSSR count). The van der Waals surface area contributed by atoms with Gasteiger partial charge in [0.25, 0.3) is 5.91 Å². The van der Waals surface area contributed by atoms with Crippen LogP contribution in [0.4, 0.5) is 0 Å². The van der Waals surface area contributed by atoms with Crippen molar-refractivity contribution in [2.45, 2.75) is 47.0 Å². The quantitative estimate of drug-likeness (QED) is 0.657. The van der Waals surface area contributed by atoms with E-state index in [1.807, 2.05) is 13.8 Å². The van der Waals surface area contributed by atoms with Gasteiger partial charge in [-0.05, 0) is 18.6 Å². The zero-order valence-electron chi connectivity index (χ0n) is 12.5. The van der Waals surface area contributed by atoms with Crippen LogP contribution in [-0.4, -0.2) is 23.7 Å². The molecular formula is C15H28N2O2. The first kappa shape index (κ1) is 19.6. The Bertz CT molecular complexity index is 319. The molecule has 110 valence electrons. The summed E-state index contributed by atoms with van der Waals surface area (Å²) in [5, 5.41) is 2.70. The van der Waals surface area contributed by atoms with Gasteiger partial charge in [-0.3, -0.25) is 9.78 Å². The van der Waals surface area contributed by atoms with E-state index in [0.29, 0.717) is 24.9 Å². The molecule has 0 atom stereocenters. The Labute approximate surface area is 118 Å². The molecule has 0 aliphatic heterocycles. The molecule has 19 heavy (non-hydrogen) atoms. The van der Waals surface area contributed by atoms with Gasteiger partial charge in [0, 0.05) is 26.8 Å². The Morgan fingerprint density at radius 3 is 2.53 bits per heavy atom. The summed E-state index contributed by atoms with van der Waals surface area (Å²) < 4.78 is 0. The Hall–Kier alpha value is -1.71. The molecule has 0 saturated carbocycles. The molecule has 0 fully saturated rings. The van der Waals surface area contributed by atoms with E-state index >= 15 is 0 Å². The zero-order valence-corrected chi connectivity index (χ0v) is 12.5. The van der Waals surface area contributed by atoms with Gasteiger partial charge in [-0.15, -0.1) is 0 Å². The second-order valence-corrected chi connectivity index (χ2v) is 3.51. The summed E-state index contributed by atoms with van der Waals surface area (Å²) in [7, 11) is 0. The summed E-state index contributed by atoms with van der Waals surface area (Å²) in [6, 6.07) is 3.41. The van der Waals surface area contributed by atoms with E-state index < -0.39 is 0 Å². The second-order valence-electron chi connectivity index (χ2n) is 3.51. The van der Waals surface area contributed by atoms with Crippen molar-refractivity contribution in [3.8, 4) is 0 Å². The summed E-state index contributed by atoms with van der Waals surface area (Å²) in [5.41, 5.74) is 0.540. The number of pyridine rings is 1. The number of carbonyl (C=O) groups excluding carboxylic acids is 2. The van der Waals surface area contributed by atoms with Crippen LogP contribution >= 0.6 is 0 Å². The van der Waals surface area contributed by atoms with Crippen LogP contribution in [0.5, 0.6) is 0 Å². The smallest absolute Gasteiger partial charge is 0.252 e. The maximum absolute atomic E-state index is 11.4. The molecule has 0 aliphatic rings. The third-order valence-electron chi connectivity index (χ3n) is 1.71. The van der Waals surface area contributed by atoms with Crippen molar-refractivity contribution in [2.24, 2.45) is 0 Å². The second kappa shape index (κ2) is 16.3. The van der Waals surface area contributed by atoms with Gasteiger partial charge in [0.15, 0.2) is 0 Å². The fraction of sp³-hybridized carbons (Fsp3) is 0.533. The maximum Gasteiger partial charge on any atom is 0.252 e. The highest BCUT2D eigenvalue weighted by molar-refractivity contribution is 5.93. The molecule has 1 amide bonds. The van der Waals surface area contributed by atoms with Gasteiger partial charge in [0.2, 0.25) is 0 Å². The van der Waals surface area contributed by atoms with Crippen LogP contribution in [0.3, 0.4) is 0 Å². The lowest BCUT2D eigenvalue weighted by atomic mass is 10.2. The number of aromatic nitrogens is 1. The summed E-state index contributed by atoms with van der Waals surface area (Å²) in [4.78, 5) is 25.2. The van der Waals surface area contributed by atoms with Crippen molar-refractivity contribution < 1.29 is 11.0 Å². The summed E-state index contributed by atoms with van der Waals surface area (Å²) >= 11 is 0. The highest BCUT2D eigenvalue weighted by Gasteiger charge is 2.02. The first-order chi connectivity index (χ1) is 9.26. The average Bonchev–Trinajstić information content (AvgIpc) is 2.47. The maximum atomic E-state index is 11.4. The molecule has 1 aromatic heterocycles. The van der Waals surface area contributed by atoms with E-state index in [1.165, 1.54) is 12.6 Å². The molecule has 0 unspecified atom stereocenters. The molecule has 0 saturated heterocycles. The Morgan fingerprint density at radius 2 is 2.05 bits per heavy atom. The molecule has 0 aromatic carbocycles. The number of amides is 1. The normalized spacial score (nSPS) is 8.21. The lowest BCUT2D eigenvalue weighted by Crippen LogP contribution is -2.24. The standard InChI is InChI=1S/C10H12N2O2.C3H8.C2H6.H2/c13-7-2-1-6-12-10(14)9-4-3-5-11-8-9;1-3-2;1-2;/h3-5,7-8H,1-2,6H2,(H,12,14);3H2,1-2H3;1-2H3;1H. The highest BCUT2D eigenvalue weighted by atomic mass is 16.1. The minimum absolute atomic E-state index is 0. The first-order valence-electron chi connectivity index (χ1n) is 6.88. The first-order valence-corrected chi connectivity index (χ1v) is 6.88. The molecular weight excluding hydrogens is 240 g/mol. The summed E-state index contributed by atoms with van der Waals surface area (Å²) in [6.45, 7) is 8.77. The van der Waals surface area contributed by atoms with Crippen LogP contribution < -0.4 is 5.32 Å². The topological polar surface area (TPSA) is 59.1 Å². The van der Waals surface area contributed by atoms with Crippen LogP contribution in [0.2, 0.25) is 0 Å². The molecule has 1 aromatic rings. The van der Waals surface area contributed by atoms with E-state index in [1.54, 1.807) is 18.3 Å². The molecule has 0 spiro atoms. The predicted octanol–water partition coefficient (Wildman–Crippen LogP) is 3.48. The van der Waals surface area contributed by atoms with Gasteiger partial charge >= 0.3 is 0 Å². The number of rotatable bonds is 5. The minimum atomic E-state index is -0.149. The van der Waals surface area contributed by atoms with Gasteiger partial charge in [-0.1, -0.05) is 34.1 Å². The molecule has 0 aliphatic carbocycles. The van der Waals surface area contributed by atoms with Crippen molar-refractivity contribution in [3.63, 3.8) is 0 Å². The Balaban J connectivity index is -0.000000426. The molecule has 0 radical (unpaired) electrons. The van der Waals surface area contributed by atoms with E-state index in [9.17, 15) is 9.59 Å². The van der Waals surface area contributed by atoms with Crippen LogP contribution in [-0.2, 0) is 4.79 Å². The fourth-order valence-corrected chi connectivity index (χ4v) is 0.986. The fourth-order valence-electron chi connectivity index (χ4n) is 0.986. The molecule has 4 heteroatoms. The minimum Gasteiger partial charge on any atom is -0.352 e. The number of unbranched alkanes of at least 4 members (excludes halogenated alkanes) is 1. The van der Waals surface area contributed by atoms with Gasteiger partial charge in [0.1, 0.15) is 6.29 Å². The third kappa shape index (κ3) is 12.5. The van der Waals surface area contributed by atoms with Crippen molar-refractivity contribution in [3.05, 3.63) is 30.1 Å². The molecule has 0 bridgehead atoms. The zero-order chi connectivity index (χ0) is 14.9. The number of aldehydes is 1. The molecule has 1 heterocycles. The number of nitrogens with one attached hydrogen (secondary N) is 1. The van der Waals surface area contributed by atoms with Gasteiger partial charge in [-0.25, -0.2) is 0 Å². The van der Waals surface area contributed by atoms with E-state index in [4.69, 9.17) is 0 Å². The average molecular weight is 268 g/mol. The van der Waals surface area contributed by atoms with Crippen molar-refractivity contribution in [1.82, 2.24) is 10.3 Å². The van der Waals surface area contributed by atoms with Crippen LogP contribution in [0.1, 0.15) is 58.7 Å². The molecule has 1 N–H and O–H groups in total. The van der Waals surface area contributed by atoms with Crippen molar-refractivity contribution >= 4 is 12.2 Å². The van der Waals surface area contributed by atoms with Crippen LogP contribution in [0.15, 0.2) is 24.5 Å². The number of carbonyl (C=O) groups is 2. The van der Waals surface area contributed by atoms with Gasteiger partial charge in [0.05, 0.1) is 5.56 Å². The molecule has 4 nitrogen and oxygen atoms in total. The number of nitrogens with zero attached hydrogens (tertiary/aromatic N) is 1.